The SMILES string of the molecule is CN(c1ccccc1)c1nc(N)nc(-c2noc(-c3ccccc3C#N)n2)n1. The third kappa shape index (κ3) is 3.22. The minimum atomic E-state index is 0.0338. The van der Waals surface area contributed by atoms with E-state index < -0.39 is 0 Å². The summed E-state index contributed by atoms with van der Waals surface area (Å²) in [5.41, 5.74) is 7.71. The Labute approximate surface area is 160 Å². The maximum absolute atomic E-state index is 9.25. The van der Waals surface area contributed by atoms with E-state index >= 15 is 0 Å². The molecule has 0 unspecified atom stereocenters. The van der Waals surface area contributed by atoms with Crippen LogP contribution in [0.1, 0.15) is 5.56 Å². The van der Waals surface area contributed by atoms with E-state index in [-0.39, 0.29) is 23.5 Å². The molecule has 0 radical (unpaired) electrons. The quantitative estimate of drug-likeness (QED) is 0.576. The molecular weight excluding hydrogens is 356 g/mol. The van der Waals surface area contributed by atoms with Gasteiger partial charge in [0.15, 0.2) is 0 Å². The Morgan fingerprint density at radius 1 is 0.929 bits per heavy atom. The summed E-state index contributed by atoms with van der Waals surface area (Å²) in [6, 6.07) is 18.6. The summed E-state index contributed by atoms with van der Waals surface area (Å²) < 4.78 is 5.31. The van der Waals surface area contributed by atoms with Gasteiger partial charge in [-0.2, -0.15) is 25.2 Å². The molecule has 0 atom stereocenters. The molecule has 2 N–H and O–H groups in total. The van der Waals surface area contributed by atoms with E-state index in [9.17, 15) is 5.26 Å². The summed E-state index contributed by atoms with van der Waals surface area (Å²) in [5, 5.41) is 13.2. The molecule has 2 aromatic heterocycles. The van der Waals surface area contributed by atoms with Crippen molar-refractivity contribution in [1.82, 2.24) is 25.1 Å². The lowest BCUT2D eigenvalue weighted by atomic mass is 10.1. The van der Waals surface area contributed by atoms with Crippen molar-refractivity contribution < 1.29 is 4.52 Å². The number of benzene rings is 2. The highest BCUT2D eigenvalue weighted by molar-refractivity contribution is 5.65. The van der Waals surface area contributed by atoms with Gasteiger partial charge in [0.25, 0.3) is 5.89 Å². The van der Waals surface area contributed by atoms with Gasteiger partial charge in [0.1, 0.15) is 0 Å². The van der Waals surface area contributed by atoms with E-state index in [4.69, 9.17) is 10.3 Å². The number of aromatic nitrogens is 5. The topological polar surface area (TPSA) is 131 Å². The Bertz CT molecular complexity index is 1170. The molecule has 0 fully saturated rings. The number of nitriles is 1. The van der Waals surface area contributed by atoms with E-state index in [0.717, 1.165) is 5.69 Å². The molecule has 0 aliphatic rings. The van der Waals surface area contributed by atoms with Gasteiger partial charge >= 0.3 is 0 Å². The predicted molar refractivity (Wildman–Crippen MR) is 102 cm³/mol. The number of rotatable bonds is 4. The van der Waals surface area contributed by atoms with Gasteiger partial charge in [-0.3, -0.25) is 0 Å². The average Bonchev–Trinajstić information content (AvgIpc) is 3.23. The van der Waals surface area contributed by atoms with Crippen molar-refractivity contribution in [2.45, 2.75) is 0 Å². The zero-order valence-corrected chi connectivity index (χ0v) is 14.8. The highest BCUT2D eigenvalue weighted by atomic mass is 16.5. The van der Waals surface area contributed by atoms with Gasteiger partial charge in [-0.05, 0) is 24.3 Å². The molecule has 0 amide bonds. The molecule has 4 aromatic rings. The second-order valence-electron chi connectivity index (χ2n) is 5.79. The van der Waals surface area contributed by atoms with Crippen LogP contribution < -0.4 is 10.6 Å². The van der Waals surface area contributed by atoms with Gasteiger partial charge in [-0.25, -0.2) is 0 Å². The largest absolute Gasteiger partial charge is 0.368 e. The lowest BCUT2D eigenvalue weighted by Gasteiger charge is -2.17. The number of anilines is 3. The number of nitrogens with two attached hydrogens (primary N) is 1. The first-order valence-electron chi connectivity index (χ1n) is 8.29. The molecule has 4 rings (SSSR count). The van der Waals surface area contributed by atoms with E-state index in [1.54, 1.807) is 29.2 Å². The Morgan fingerprint density at radius 3 is 2.46 bits per heavy atom. The number of hydrogen-bond acceptors (Lipinski definition) is 9. The van der Waals surface area contributed by atoms with Crippen molar-refractivity contribution in [3.63, 3.8) is 0 Å². The van der Waals surface area contributed by atoms with Gasteiger partial charge in [0, 0.05) is 12.7 Å². The van der Waals surface area contributed by atoms with Crippen molar-refractivity contribution in [3.05, 3.63) is 60.2 Å². The summed E-state index contributed by atoms with van der Waals surface area (Å²) in [7, 11) is 1.82. The van der Waals surface area contributed by atoms with Crippen LogP contribution in [-0.2, 0) is 0 Å². The van der Waals surface area contributed by atoms with Crippen LogP contribution in [-0.4, -0.2) is 32.1 Å². The lowest BCUT2D eigenvalue weighted by Crippen LogP contribution is -2.15. The number of para-hydroxylation sites is 1. The van der Waals surface area contributed by atoms with Crippen LogP contribution in [0, 0.1) is 11.3 Å². The highest BCUT2D eigenvalue weighted by Gasteiger charge is 2.18. The van der Waals surface area contributed by atoms with Crippen LogP contribution in [0.4, 0.5) is 17.6 Å². The lowest BCUT2D eigenvalue weighted by molar-refractivity contribution is 0.432. The zero-order valence-electron chi connectivity index (χ0n) is 14.8. The van der Waals surface area contributed by atoms with Crippen LogP contribution in [0.15, 0.2) is 59.1 Å². The fraction of sp³-hybridized carbons (Fsp3) is 0.0526. The van der Waals surface area contributed by atoms with E-state index in [1.165, 1.54) is 0 Å². The molecule has 2 heterocycles. The predicted octanol–water partition coefficient (Wildman–Crippen LogP) is 2.81. The molecule has 0 saturated carbocycles. The average molecular weight is 370 g/mol. The number of hydrogen-bond donors (Lipinski definition) is 1. The van der Waals surface area contributed by atoms with Crippen molar-refractivity contribution in [2.75, 3.05) is 17.7 Å². The highest BCUT2D eigenvalue weighted by Crippen LogP contribution is 2.25. The van der Waals surface area contributed by atoms with Crippen LogP contribution in [0.3, 0.4) is 0 Å². The minimum Gasteiger partial charge on any atom is -0.368 e. The van der Waals surface area contributed by atoms with Crippen LogP contribution in [0.2, 0.25) is 0 Å². The molecule has 28 heavy (non-hydrogen) atoms. The van der Waals surface area contributed by atoms with E-state index in [2.05, 4.69) is 31.2 Å². The van der Waals surface area contributed by atoms with Crippen molar-refractivity contribution in [1.29, 1.82) is 5.26 Å². The van der Waals surface area contributed by atoms with E-state index in [0.29, 0.717) is 17.1 Å². The molecule has 0 bridgehead atoms. The second-order valence-corrected chi connectivity index (χ2v) is 5.79. The number of nitrogen functional groups attached to an aromatic ring is 1. The summed E-state index contributed by atoms with van der Waals surface area (Å²) in [4.78, 5) is 18.8. The molecular formula is C19H14N8O. The summed E-state index contributed by atoms with van der Waals surface area (Å²) in [6.07, 6.45) is 0. The standard InChI is InChI=1S/C19H14N8O/c1-27(13-8-3-2-4-9-13)19-24-15(23-18(21)25-19)16-22-17(28-26-16)14-10-6-5-7-12(14)11-20/h2-10H,1H3,(H2,21,23,24,25). The summed E-state index contributed by atoms with van der Waals surface area (Å²) in [5.74, 6) is 0.905. The first-order valence-corrected chi connectivity index (χ1v) is 8.29. The smallest absolute Gasteiger partial charge is 0.259 e. The summed E-state index contributed by atoms with van der Waals surface area (Å²) >= 11 is 0. The third-order valence-electron chi connectivity index (χ3n) is 3.99. The Hall–Kier alpha value is -4.32. The molecule has 9 heteroatoms. The summed E-state index contributed by atoms with van der Waals surface area (Å²) in [6.45, 7) is 0. The molecule has 136 valence electrons. The number of nitrogens with zero attached hydrogens (tertiary/aromatic N) is 7. The Kier molecular flexibility index (Phi) is 4.35. The van der Waals surface area contributed by atoms with Gasteiger partial charge in [-0.1, -0.05) is 35.5 Å². The molecule has 0 aliphatic heterocycles. The van der Waals surface area contributed by atoms with Crippen molar-refractivity contribution in [3.8, 4) is 29.2 Å². The van der Waals surface area contributed by atoms with E-state index in [1.807, 2.05) is 37.4 Å². The first-order chi connectivity index (χ1) is 13.7. The fourth-order valence-corrected chi connectivity index (χ4v) is 2.59. The zero-order chi connectivity index (χ0) is 19.5. The van der Waals surface area contributed by atoms with Crippen LogP contribution in [0.5, 0.6) is 0 Å². The Balaban J connectivity index is 1.72. The maximum atomic E-state index is 9.25. The molecule has 0 saturated heterocycles. The molecule has 0 spiro atoms. The third-order valence-corrected chi connectivity index (χ3v) is 3.99. The molecule has 9 nitrogen and oxygen atoms in total. The van der Waals surface area contributed by atoms with Gasteiger partial charge < -0.3 is 15.2 Å². The van der Waals surface area contributed by atoms with Gasteiger partial charge in [0.05, 0.1) is 17.2 Å². The Morgan fingerprint density at radius 2 is 1.68 bits per heavy atom. The molecule has 0 aliphatic carbocycles. The maximum Gasteiger partial charge on any atom is 0.259 e. The van der Waals surface area contributed by atoms with Crippen LogP contribution in [0.25, 0.3) is 23.1 Å². The monoisotopic (exact) mass is 370 g/mol. The first kappa shape index (κ1) is 17.1. The normalized spacial score (nSPS) is 10.4. The van der Waals surface area contributed by atoms with Crippen LogP contribution >= 0.6 is 0 Å². The van der Waals surface area contributed by atoms with Gasteiger partial charge in [0.2, 0.25) is 23.5 Å². The fourth-order valence-electron chi connectivity index (χ4n) is 2.59. The second kappa shape index (κ2) is 7.13. The van der Waals surface area contributed by atoms with Crippen molar-refractivity contribution >= 4 is 17.6 Å². The minimum absolute atomic E-state index is 0.0338. The van der Waals surface area contributed by atoms with Crippen molar-refractivity contribution in [2.24, 2.45) is 0 Å². The molecule has 2 aromatic carbocycles. The van der Waals surface area contributed by atoms with Gasteiger partial charge in [-0.15, -0.1) is 0 Å².